The molecule has 2 aliphatic rings. The number of thiocarbonyl (C=S) groups is 1. The molecule has 2 N–H and O–H groups in total. The summed E-state index contributed by atoms with van der Waals surface area (Å²) >= 11 is 5.54. The molecule has 1 saturated carbocycles. The van der Waals surface area contributed by atoms with Crippen LogP contribution in [-0.4, -0.2) is 30.0 Å². The number of amides is 1. The van der Waals surface area contributed by atoms with Gasteiger partial charge in [-0.05, 0) is 79.4 Å². The van der Waals surface area contributed by atoms with Gasteiger partial charge in [-0.25, -0.2) is 4.39 Å². The molecule has 1 unspecified atom stereocenters. The number of halogens is 1. The number of Topliss-reactive ketones (excluding diaryl/α,β-unsaturated/α-hetero) is 1. The average Bonchev–Trinajstić information content (AvgIpc) is 2.93. The fraction of sp³-hybridized carbons (Fsp3) is 0.531. The summed E-state index contributed by atoms with van der Waals surface area (Å²) in [7, 11) is -3.95. The van der Waals surface area contributed by atoms with Gasteiger partial charge >= 0.3 is 7.60 Å². The van der Waals surface area contributed by atoms with Crippen molar-refractivity contribution in [2.75, 3.05) is 13.2 Å². The first-order chi connectivity index (χ1) is 19.8. The molecule has 0 spiro atoms. The Hall–Kier alpha value is -2.45. The van der Waals surface area contributed by atoms with Crippen molar-refractivity contribution in [3.05, 3.63) is 70.5 Å². The minimum absolute atomic E-state index is 0.0468. The monoisotopic (exact) mass is 616 g/mol. The van der Waals surface area contributed by atoms with Crippen molar-refractivity contribution < 1.29 is 27.6 Å². The van der Waals surface area contributed by atoms with Gasteiger partial charge in [0.05, 0.1) is 18.6 Å². The lowest BCUT2D eigenvalue weighted by Crippen LogP contribution is -2.57. The van der Waals surface area contributed by atoms with E-state index in [0.717, 1.165) is 29.5 Å². The molecule has 0 aromatic heterocycles. The van der Waals surface area contributed by atoms with Gasteiger partial charge in [0.25, 0.3) is 0 Å². The third-order valence-electron chi connectivity index (χ3n) is 9.09. The summed E-state index contributed by atoms with van der Waals surface area (Å²) in [6, 6.07) is 12.0. The van der Waals surface area contributed by atoms with E-state index in [0.29, 0.717) is 12.3 Å². The quantitative estimate of drug-likeness (QED) is 0.222. The first-order valence-corrected chi connectivity index (χ1v) is 16.8. The molecule has 1 amide bonds. The zero-order valence-corrected chi connectivity index (χ0v) is 27.0. The molecule has 0 saturated heterocycles. The largest absolute Gasteiger partial charge is 0.357 e. The molecule has 0 bridgehead atoms. The highest BCUT2D eigenvalue weighted by Gasteiger charge is 2.57. The van der Waals surface area contributed by atoms with Gasteiger partial charge in [-0.15, -0.1) is 0 Å². The number of carbonyl (C=O) groups excluding carboxylic acids is 2. The molecular formula is C32H42FN2O5PS. The van der Waals surface area contributed by atoms with Crippen LogP contribution in [0.15, 0.2) is 42.5 Å². The van der Waals surface area contributed by atoms with Crippen molar-refractivity contribution in [2.45, 2.75) is 84.3 Å². The van der Waals surface area contributed by atoms with Crippen molar-refractivity contribution in [1.29, 1.82) is 0 Å². The molecule has 4 atom stereocenters. The van der Waals surface area contributed by atoms with E-state index in [4.69, 9.17) is 21.3 Å². The first-order valence-electron chi connectivity index (χ1n) is 14.7. The van der Waals surface area contributed by atoms with Crippen molar-refractivity contribution in [2.24, 2.45) is 11.3 Å². The number of benzene rings is 2. The Labute approximate surface area is 253 Å². The molecule has 0 aliphatic heterocycles. The fourth-order valence-electron chi connectivity index (χ4n) is 6.84. The zero-order chi connectivity index (χ0) is 30.9. The predicted octanol–water partition coefficient (Wildman–Crippen LogP) is 7.56. The van der Waals surface area contributed by atoms with E-state index in [1.54, 1.807) is 19.9 Å². The van der Waals surface area contributed by atoms with E-state index in [-0.39, 0.29) is 53.3 Å². The predicted molar refractivity (Wildman–Crippen MR) is 166 cm³/mol. The summed E-state index contributed by atoms with van der Waals surface area (Å²) < 4.78 is 39.8. The SMILES string of the molecule is CCOP(=O)(OCC)C(NC(=S)NC(=O)[C@]1(C)CCC[C@]2(C)c3ccc(C(C)C)cc3C(=O)C[C@@H]12)c1ccccc1F. The van der Waals surface area contributed by atoms with E-state index < -0.39 is 24.6 Å². The summed E-state index contributed by atoms with van der Waals surface area (Å²) in [5.41, 5.74) is 1.66. The van der Waals surface area contributed by atoms with Crippen LogP contribution in [0.25, 0.3) is 0 Å². The molecule has 2 aromatic rings. The summed E-state index contributed by atoms with van der Waals surface area (Å²) in [6.07, 6.45) is 2.52. The Balaban J connectivity index is 1.62. The summed E-state index contributed by atoms with van der Waals surface area (Å²) in [5.74, 6) is -2.12. The Morgan fingerprint density at radius 1 is 1.12 bits per heavy atom. The van der Waals surface area contributed by atoms with Crippen molar-refractivity contribution in [3.63, 3.8) is 0 Å². The highest BCUT2D eigenvalue weighted by Crippen LogP contribution is 2.60. The van der Waals surface area contributed by atoms with Crippen LogP contribution in [0.1, 0.15) is 106 Å². The van der Waals surface area contributed by atoms with Crippen LogP contribution in [0.4, 0.5) is 4.39 Å². The first kappa shape index (κ1) is 32.5. The molecule has 2 aromatic carbocycles. The van der Waals surface area contributed by atoms with Crippen LogP contribution in [0.3, 0.4) is 0 Å². The van der Waals surface area contributed by atoms with Gasteiger partial charge in [-0.3, -0.25) is 14.2 Å². The minimum atomic E-state index is -3.95. The van der Waals surface area contributed by atoms with Gasteiger partial charge in [0.2, 0.25) is 5.91 Å². The van der Waals surface area contributed by atoms with E-state index in [9.17, 15) is 18.5 Å². The van der Waals surface area contributed by atoms with Crippen LogP contribution >= 0.6 is 19.8 Å². The Bertz CT molecular complexity index is 1410. The molecule has 0 radical (unpaired) electrons. The van der Waals surface area contributed by atoms with Crippen molar-refractivity contribution in [3.8, 4) is 0 Å². The van der Waals surface area contributed by atoms with Gasteiger partial charge in [-0.1, -0.05) is 64.4 Å². The Morgan fingerprint density at radius 2 is 1.79 bits per heavy atom. The molecule has 10 heteroatoms. The summed E-state index contributed by atoms with van der Waals surface area (Å²) in [5, 5.41) is 5.55. The van der Waals surface area contributed by atoms with E-state index in [1.807, 2.05) is 13.0 Å². The normalized spacial score (nSPS) is 24.5. The van der Waals surface area contributed by atoms with Gasteiger partial charge in [0.15, 0.2) is 16.7 Å². The molecule has 2 aliphatic carbocycles. The molecule has 7 nitrogen and oxygen atoms in total. The van der Waals surface area contributed by atoms with Crippen molar-refractivity contribution >= 4 is 36.6 Å². The van der Waals surface area contributed by atoms with Crippen molar-refractivity contribution in [1.82, 2.24) is 10.6 Å². The smallest absolute Gasteiger partial charge is 0.345 e. The third-order valence-corrected chi connectivity index (χ3v) is 11.6. The summed E-state index contributed by atoms with van der Waals surface area (Å²) in [6.45, 7) is 11.7. The average molecular weight is 617 g/mol. The standard InChI is InChI=1S/C32H42FN2O5PS/c1-7-39-41(38,40-8-2)28(22-12-9-10-13-25(22)33)34-30(42)35-29(37)32(6)17-11-16-31(5)24-15-14-21(20(3)4)18-23(24)26(36)19-27(31)32/h9-10,12-15,18,20,27-28H,7-8,11,16-17,19H2,1-6H3,(H2,34,35,37,42)/t27-,28?,31-,32-/m1/s1. The second kappa shape index (κ2) is 12.7. The third kappa shape index (κ3) is 5.99. The molecule has 1 fully saturated rings. The van der Waals surface area contributed by atoms with Crippen LogP contribution in [0.5, 0.6) is 0 Å². The van der Waals surface area contributed by atoms with Crippen LogP contribution in [-0.2, 0) is 23.8 Å². The number of carbonyl (C=O) groups is 2. The fourth-order valence-corrected chi connectivity index (χ4v) is 9.07. The van der Waals surface area contributed by atoms with Gasteiger partial charge in [-0.2, -0.15) is 0 Å². The zero-order valence-electron chi connectivity index (χ0n) is 25.3. The number of rotatable bonds is 9. The molecular weight excluding hydrogens is 574 g/mol. The maximum atomic E-state index is 14.9. The molecule has 0 heterocycles. The number of hydrogen-bond acceptors (Lipinski definition) is 6. The van der Waals surface area contributed by atoms with Gasteiger partial charge in [0.1, 0.15) is 5.82 Å². The second-order valence-electron chi connectivity index (χ2n) is 12.1. The lowest BCUT2D eigenvalue weighted by molar-refractivity contribution is -0.136. The Morgan fingerprint density at radius 3 is 2.40 bits per heavy atom. The second-order valence-corrected chi connectivity index (χ2v) is 14.6. The van der Waals surface area contributed by atoms with E-state index >= 15 is 0 Å². The van der Waals surface area contributed by atoms with Gasteiger partial charge in [0, 0.05) is 17.5 Å². The molecule has 228 valence electrons. The van der Waals surface area contributed by atoms with E-state index in [1.165, 1.54) is 18.2 Å². The van der Waals surface area contributed by atoms with Gasteiger partial charge < -0.3 is 19.7 Å². The maximum Gasteiger partial charge on any atom is 0.357 e. The minimum Gasteiger partial charge on any atom is -0.345 e. The van der Waals surface area contributed by atoms with E-state index in [2.05, 4.69) is 43.5 Å². The number of fused-ring (bicyclic) bond motifs is 3. The van der Waals surface area contributed by atoms with Crippen LogP contribution < -0.4 is 10.6 Å². The number of nitrogens with one attached hydrogen (secondary N) is 2. The maximum absolute atomic E-state index is 14.9. The number of ketones is 1. The molecule has 42 heavy (non-hydrogen) atoms. The highest BCUT2D eigenvalue weighted by atomic mass is 32.1. The van der Waals surface area contributed by atoms with Crippen LogP contribution in [0.2, 0.25) is 0 Å². The summed E-state index contributed by atoms with van der Waals surface area (Å²) in [4.78, 5) is 27.5. The highest BCUT2D eigenvalue weighted by molar-refractivity contribution is 7.80. The Kier molecular flexibility index (Phi) is 9.78. The lowest BCUT2D eigenvalue weighted by Gasteiger charge is -2.54. The number of hydrogen-bond donors (Lipinski definition) is 2. The molecule has 4 rings (SSSR count). The topological polar surface area (TPSA) is 93.7 Å². The lowest BCUT2D eigenvalue weighted by atomic mass is 9.49. The van der Waals surface area contributed by atoms with Crippen LogP contribution in [0, 0.1) is 17.2 Å².